The predicted molar refractivity (Wildman–Crippen MR) is 72.0 cm³/mol. The van der Waals surface area contributed by atoms with Crippen LogP contribution >= 0.6 is 23.7 Å². The lowest BCUT2D eigenvalue weighted by Crippen LogP contribution is -2.38. The molecule has 0 amide bonds. The first-order valence-corrected chi connectivity index (χ1v) is 6.09. The molecule has 0 aliphatic heterocycles. The average molecular weight is 269 g/mol. The molecule has 0 unspecified atom stereocenters. The van der Waals surface area contributed by atoms with E-state index in [4.69, 9.17) is 0 Å². The van der Waals surface area contributed by atoms with Crippen molar-refractivity contribution in [2.75, 3.05) is 0 Å². The number of Topliss-reactive ketones (excluding diaryl/α,β-unsaturated/α-hetero) is 1. The van der Waals surface area contributed by atoms with Crippen molar-refractivity contribution in [2.24, 2.45) is 0 Å². The second kappa shape index (κ2) is 5.94. The van der Waals surface area contributed by atoms with E-state index in [-0.39, 0.29) is 18.2 Å². The van der Waals surface area contributed by atoms with Crippen molar-refractivity contribution in [2.45, 2.75) is 20.4 Å². The number of carbonyl (C=O) groups is 1. The fraction of sp³-hybridized carbons (Fsp3) is 0.231. The maximum absolute atomic E-state index is 12.0. The quantitative estimate of drug-likeness (QED) is 0.619. The van der Waals surface area contributed by atoms with Crippen LogP contribution in [-0.2, 0) is 6.54 Å². The molecule has 17 heavy (non-hydrogen) atoms. The van der Waals surface area contributed by atoms with Crippen molar-refractivity contribution in [3.05, 3.63) is 52.0 Å². The highest BCUT2D eigenvalue weighted by Crippen LogP contribution is 2.08. The number of thiazole rings is 1. The summed E-state index contributed by atoms with van der Waals surface area (Å²) in [5.74, 6) is 0.159. The van der Waals surface area contributed by atoms with Gasteiger partial charge in [0.05, 0.1) is 4.88 Å². The highest BCUT2D eigenvalue weighted by Gasteiger charge is 2.16. The molecule has 0 atom stereocenters. The molecule has 2 aromatic rings. The minimum atomic E-state index is 0. The Hall–Kier alpha value is -1.19. The van der Waals surface area contributed by atoms with Gasteiger partial charge in [0.1, 0.15) is 0 Å². The molecule has 1 aromatic carbocycles. The second-order valence-corrected chi connectivity index (χ2v) is 4.84. The first kappa shape index (κ1) is 13.9. The number of carbonyl (C=O) groups excluding carboxylic acids is 1. The van der Waals surface area contributed by atoms with Crippen LogP contribution in [0.1, 0.15) is 20.9 Å². The zero-order valence-electron chi connectivity index (χ0n) is 9.84. The fourth-order valence-electron chi connectivity index (χ4n) is 1.54. The van der Waals surface area contributed by atoms with Crippen LogP contribution in [0.5, 0.6) is 0 Å². The Bertz CT molecular complexity index is 507. The Morgan fingerprint density at radius 1 is 1.24 bits per heavy atom. The molecule has 2 rings (SSSR count). The van der Waals surface area contributed by atoms with Gasteiger partial charge in [0, 0.05) is 12.5 Å². The van der Waals surface area contributed by atoms with Crippen LogP contribution in [-0.4, -0.2) is 5.78 Å². The Labute approximate surface area is 111 Å². The summed E-state index contributed by atoms with van der Waals surface area (Å²) in [7, 11) is 0. The molecule has 0 radical (unpaired) electrons. The molecule has 0 saturated carbocycles. The molecule has 1 heterocycles. The van der Waals surface area contributed by atoms with Crippen molar-refractivity contribution in [3.8, 4) is 0 Å². The number of rotatable bonds is 3. The van der Waals surface area contributed by atoms with Gasteiger partial charge in [-0.25, -0.2) is 0 Å². The summed E-state index contributed by atoms with van der Waals surface area (Å²) in [6.45, 7) is 4.55. The van der Waals surface area contributed by atoms with Gasteiger partial charge in [-0.2, -0.15) is 4.57 Å². The molecule has 0 spiro atoms. The molecule has 1 aromatic heterocycles. The van der Waals surface area contributed by atoms with Gasteiger partial charge in [0.2, 0.25) is 17.8 Å². The number of halogens is 1. The van der Waals surface area contributed by atoms with E-state index >= 15 is 0 Å². The largest absolute Gasteiger partial charge is 0.287 e. The number of hydrogen-bond donors (Lipinski definition) is 0. The van der Waals surface area contributed by atoms with Crippen LogP contribution in [0.3, 0.4) is 0 Å². The lowest BCUT2D eigenvalue weighted by Gasteiger charge is -1.97. The van der Waals surface area contributed by atoms with E-state index in [1.807, 2.05) is 47.3 Å². The van der Waals surface area contributed by atoms with Gasteiger partial charge in [-0.3, -0.25) is 4.79 Å². The van der Waals surface area contributed by atoms with Crippen LogP contribution in [0.15, 0.2) is 35.8 Å². The number of benzene rings is 1. The number of nitrogens with zero attached hydrogens (tertiary/aromatic N) is 1. The summed E-state index contributed by atoms with van der Waals surface area (Å²) in [6, 6.07) is 9.42. The number of hydrogen-bond acceptors (Lipinski definition) is 2. The molecule has 0 N–H and O–H groups in total. The molecule has 0 aliphatic rings. The van der Waals surface area contributed by atoms with Crippen LogP contribution in [0, 0.1) is 13.8 Å². The molecule has 0 saturated heterocycles. The minimum Gasteiger partial charge on any atom is -0.287 e. The molecule has 2 nitrogen and oxygen atoms in total. The van der Waals surface area contributed by atoms with Crippen LogP contribution in [0.25, 0.3) is 0 Å². The standard InChI is InChI=1S/C13H14NOS.ClH/c1-10-11(2)16-9-14(10)8-13(15)12-6-4-3-5-7-12;/h3-7,9H,8H2,1-2H3;1H/q+1;. The van der Waals surface area contributed by atoms with Crippen LogP contribution < -0.4 is 4.57 Å². The molecule has 90 valence electrons. The summed E-state index contributed by atoms with van der Waals surface area (Å²) >= 11 is 1.68. The van der Waals surface area contributed by atoms with E-state index in [1.54, 1.807) is 11.3 Å². The molecule has 0 fully saturated rings. The lowest BCUT2D eigenvalue weighted by atomic mass is 10.1. The highest BCUT2D eigenvalue weighted by atomic mass is 35.5. The average Bonchev–Trinajstić information content (AvgIpc) is 2.62. The molecule has 0 aliphatic carbocycles. The van der Waals surface area contributed by atoms with Crippen LogP contribution in [0.2, 0.25) is 0 Å². The van der Waals surface area contributed by atoms with Crippen molar-refractivity contribution in [3.63, 3.8) is 0 Å². The first-order valence-electron chi connectivity index (χ1n) is 5.21. The maximum Gasteiger partial charge on any atom is 0.227 e. The third kappa shape index (κ3) is 3.14. The molecular formula is C13H15ClNOS+. The maximum atomic E-state index is 12.0. The lowest BCUT2D eigenvalue weighted by molar-refractivity contribution is -0.684. The van der Waals surface area contributed by atoms with Gasteiger partial charge in [-0.1, -0.05) is 41.7 Å². The van der Waals surface area contributed by atoms with Gasteiger partial charge in [-0.15, -0.1) is 12.4 Å². The van der Waals surface area contributed by atoms with E-state index in [0.29, 0.717) is 6.54 Å². The number of aryl methyl sites for hydroxylation is 1. The third-order valence-corrected chi connectivity index (χ3v) is 3.72. The zero-order chi connectivity index (χ0) is 11.5. The minimum absolute atomic E-state index is 0. The molecular weight excluding hydrogens is 254 g/mol. The summed E-state index contributed by atoms with van der Waals surface area (Å²) in [4.78, 5) is 13.2. The molecule has 4 heteroatoms. The van der Waals surface area contributed by atoms with Gasteiger partial charge in [-0.05, 0) is 6.92 Å². The summed E-state index contributed by atoms with van der Waals surface area (Å²) < 4.78 is 2.01. The van der Waals surface area contributed by atoms with Crippen molar-refractivity contribution >= 4 is 29.5 Å². The summed E-state index contributed by atoms with van der Waals surface area (Å²) in [6.07, 6.45) is 0. The third-order valence-electron chi connectivity index (χ3n) is 2.71. The van der Waals surface area contributed by atoms with Crippen molar-refractivity contribution in [1.82, 2.24) is 0 Å². The van der Waals surface area contributed by atoms with Crippen LogP contribution in [0.4, 0.5) is 0 Å². The fourth-order valence-corrected chi connectivity index (χ4v) is 2.34. The van der Waals surface area contributed by atoms with E-state index < -0.39 is 0 Å². The SMILES string of the molecule is Cc1sc[n+](CC(=O)c2ccccc2)c1C.Cl. The summed E-state index contributed by atoms with van der Waals surface area (Å²) in [5, 5.41) is 0. The summed E-state index contributed by atoms with van der Waals surface area (Å²) in [5.41, 5.74) is 3.96. The monoisotopic (exact) mass is 268 g/mol. The number of ketones is 1. The smallest absolute Gasteiger partial charge is 0.227 e. The Morgan fingerprint density at radius 3 is 2.41 bits per heavy atom. The second-order valence-electron chi connectivity index (χ2n) is 3.78. The highest BCUT2D eigenvalue weighted by molar-refractivity contribution is 7.09. The van der Waals surface area contributed by atoms with Gasteiger partial charge < -0.3 is 0 Å². The topological polar surface area (TPSA) is 20.9 Å². The van der Waals surface area contributed by atoms with Gasteiger partial charge in [0.25, 0.3) is 0 Å². The van der Waals surface area contributed by atoms with Gasteiger partial charge >= 0.3 is 0 Å². The Balaban J connectivity index is 0.00000144. The first-order chi connectivity index (χ1) is 7.68. The van der Waals surface area contributed by atoms with E-state index in [1.165, 1.54) is 10.6 Å². The molecule has 0 bridgehead atoms. The van der Waals surface area contributed by atoms with Crippen molar-refractivity contribution < 1.29 is 9.36 Å². The Kier molecular flexibility index (Phi) is 4.85. The number of aromatic nitrogens is 1. The zero-order valence-corrected chi connectivity index (χ0v) is 11.5. The van der Waals surface area contributed by atoms with E-state index in [9.17, 15) is 4.79 Å². The normalized spacial score (nSPS) is 9.76. The predicted octanol–water partition coefficient (Wildman–Crippen LogP) is 2.96. The Morgan fingerprint density at radius 2 is 1.88 bits per heavy atom. The van der Waals surface area contributed by atoms with E-state index in [2.05, 4.69) is 6.92 Å². The van der Waals surface area contributed by atoms with E-state index in [0.717, 1.165) is 5.56 Å². The van der Waals surface area contributed by atoms with Gasteiger partial charge in [0.15, 0.2) is 5.69 Å². The van der Waals surface area contributed by atoms with Crippen molar-refractivity contribution in [1.29, 1.82) is 0 Å².